The largest absolute Gasteiger partial charge is 0.508 e. The molecule has 13 heteroatoms. The first-order valence-electron chi connectivity index (χ1n) is 13.9. The normalized spacial score (nSPS) is 14.0. The van der Waals surface area contributed by atoms with Crippen LogP contribution in [0.4, 0.5) is 0 Å². The van der Waals surface area contributed by atoms with E-state index in [1.54, 1.807) is 32.2 Å². The number of nitrogens with two attached hydrogens (primary N) is 2. The Morgan fingerprint density at radius 1 is 0.837 bits per heavy atom. The molecular weight excluding hydrogens is 556 g/mol. The molecule has 4 atom stereocenters. The SMILES string of the molecule is CC(C)C(N)C(=O)NC(Cc1c[nH]c2ccccc12)C(=O)NC(Cc1ccc(O)cc1)C(=O)NC(CCC(N)=O)C(=O)O. The Kier molecular flexibility index (Phi) is 11.2. The van der Waals surface area contributed by atoms with Crippen molar-refractivity contribution < 1.29 is 34.2 Å². The molecule has 0 saturated heterocycles. The van der Waals surface area contributed by atoms with Gasteiger partial charge in [-0.2, -0.15) is 0 Å². The lowest BCUT2D eigenvalue weighted by Gasteiger charge is -2.26. The molecule has 1 aromatic heterocycles. The van der Waals surface area contributed by atoms with Gasteiger partial charge in [-0.3, -0.25) is 19.2 Å². The second-order valence-corrected chi connectivity index (χ2v) is 10.7. The standard InChI is InChI=1S/C30H38N6O7/c1-16(2)26(32)29(41)36-24(14-18-15-33-21-6-4-3-5-20(18)21)28(40)35-23(13-17-7-9-19(37)10-8-17)27(39)34-22(30(42)43)11-12-25(31)38/h3-10,15-16,22-24,26,33,37H,11-14,32H2,1-2H3,(H2,31,38)(H,34,39)(H,35,40)(H,36,41)(H,42,43). The number of phenols is 1. The van der Waals surface area contributed by atoms with Gasteiger partial charge in [-0.25, -0.2) is 4.79 Å². The first-order valence-corrected chi connectivity index (χ1v) is 13.9. The quantitative estimate of drug-likeness (QED) is 0.123. The van der Waals surface area contributed by atoms with Gasteiger partial charge in [0.05, 0.1) is 6.04 Å². The third-order valence-corrected chi connectivity index (χ3v) is 7.06. The van der Waals surface area contributed by atoms with Gasteiger partial charge < -0.3 is 42.6 Å². The highest BCUT2D eigenvalue weighted by Gasteiger charge is 2.31. The number of rotatable bonds is 15. The Morgan fingerprint density at radius 2 is 1.42 bits per heavy atom. The molecule has 2 aromatic carbocycles. The molecule has 13 nitrogen and oxygen atoms in total. The lowest BCUT2D eigenvalue weighted by atomic mass is 10.00. The van der Waals surface area contributed by atoms with Crippen molar-refractivity contribution in [1.29, 1.82) is 0 Å². The number of hydrogen-bond donors (Lipinski definition) is 8. The van der Waals surface area contributed by atoms with E-state index in [0.29, 0.717) is 5.56 Å². The number of aliphatic carboxylic acids is 1. The molecule has 0 aliphatic rings. The van der Waals surface area contributed by atoms with Gasteiger partial charge in [0, 0.05) is 36.4 Å². The van der Waals surface area contributed by atoms with Crippen LogP contribution < -0.4 is 27.4 Å². The molecule has 0 aliphatic carbocycles. The zero-order chi connectivity index (χ0) is 31.7. The van der Waals surface area contributed by atoms with Crippen LogP contribution in [-0.4, -0.2) is 69.0 Å². The summed E-state index contributed by atoms with van der Waals surface area (Å²) in [5, 5.41) is 27.8. The number of amides is 4. The monoisotopic (exact) mass is 594 g/mol. The number of carboxylic acids is 1. The lowest BCUT2D eigenvalue weighted by molar-refractivity contribution is -0.142. The molecule has 1 heterocycles. The van der Waals surface area contributed by atoms with E-state index >= 15 is 0 Å². The van der Waals surface area contributed by atoms with Crippen molar-refractivity contribution in [3.8, 4) is 5.75 Å². The van der Waals surface area contributed by atoms with E-state index in [4.69, 9.17) is 11.5 Å². The molecule has 0 spiro atoms. The molecule has 0 bridgehead atoms. The van der Waals surface area contributed by atoms with Gasteiger partial charge in [0.25, 0.3) is 0 Å². The molecular formula is C30H38N6O7. The van der Waals surface area contributed by atoms with Gasteiger partial charge in [0.1, 0.15) is 23.9 Å². The van der Waals surface area contributed by atoms with Crippen molar-refractivity contribution in [3.63, 3.8) is 0 Å². The van der Waals surface area contributed by atoms with Crippen molar-refractivity contribution in [3.05, 3.63) is 65.9 Å². The summed E-state index contributed by atoms with van der Waals surface area (Å²) in [6.45, 7) is 3.54. The molecule has 230 valence electrons. The summed E-state index contributed by atoms with van der Waals surface area (Å²) >= 11 is 0. The van der Waals surface area contributed by atoms with E-state index < -0.39 is 53.8 Å². The number of H-pyrrole nitrogens is 1. The van der Waals surface area contributed by atoms with Gasteiger partial charge in [0.2, 0.25) is 23.6 Å². The maximum Gasteiger partial charge on any atom is 0.326 e. The van der Waals surface area contributed by atoms with Crippen LogP contribution in [0.2, 0.25) is 0 Å². The number of carbonyl (C=O) groups excluding carboxylic acids is 4. The van der Waals surface area contributed by atoms with Crippen molar-refractivity contribution in [2.24, 2.45) is 17.4 Å². The molecule has 43 heavy (non-hydrogen) atoms. The molecule has 0 aliphatic heterocycles. The topological polar surface area (TPSA) is 230 Å². The highest BCUT2D eigenvalue weighted by atomic mass is 16.4. The lowest BCUT2D eigenvalue weighted by Crippen LogP contribution is -2.58. The molecule has 10 N–H and O–H groups in total. The molecule has 0 saturated carbocycles. The van der Waals surface area contributed by atoms with Gasteiger partial charge >= 0.3 is 5.97 Å². The first-order chi connectivity index (χ1) is 20.3. The minimum atomic E-state index is -1.44. The van der Waals surface area contributed by atoms with E-state index in [2.05, 4.69) is 20.9 Å². The van der Waals surface area contributed by atoms with Crippen molar-refractivity contribution >= 4 is 40.5 Å². The fraction of sp³-hybridized carbons (Fsp3) is 0.367. The van der Waals surface area contributed by atoms with Crippen LogP contribution >= 0.6 is 0 Å². The summed E-state index contributed by atoms with van der Waals surface area (Å²) in [5.74, 6) is -4.40. The number of hydrogen-bond acceptors (Lipinski definition) is 7. The number of para-hydroxylation sites is 1. The zero-order valence-corrected chi connectivity index (χ0v) is 24.0. The second kappa shape index (κ2) is 14.8. The van der Waals surface area contributed by atoms with Crippen LogP contribution in [-0.2, 0) is 36.8 Å². The van der Waals surface area contributed by atoms with E-state index in [1.165, 1.54) is 12.1 Å². The van der Waals surface area contributed by atoms with Gasteiger partial charge in [-0.1, -0.05) is 44.2 Å². The first kappa shape index (κ1) is 32.6. The minimum Gasteiger partial charge on any atom is -0.508 e. The van der Waals surface area contributed by atoms with E-state index in [-0.39, 0.29) is 37.4 Å². The van der Waals surface area contributed by atoms with Crippen LogP contribution in [0.15, 0.2) is 54.7 Å². The summed E-state index contributed by atoms with van der Waals surface area (Å²) in [7, 11) is 0. The van der Waals surface area contributed by atoms with E-state index in [9.17, 15) is 34.2 Å². The highest BCUT2D eigenvalue weighted by Crippen LogP contribution is 2.20. The fourth-order valence-corrected chi connectivity index (χ4v) is 4.47. The number of carbonyl (C=O) groups is 5. The average Bonchev–Trinajstić information content (AvgIpc) is 3.37. The fourth-order valence-electron chi connectivity index (χ4n) is 4.47. The Bertz CT molecular complexity index is 1450. The summed E-state index contributed by atoms with van der Waals surface area (Å²) < 4.78 is 0. The predicted octanol–water partition coefficient (Wildman–Crippen LogP) is 0.447. The summed E-state index contributed by atoms with van der Waals surface area (Å²) in [4.78, 5) is 66.2. The number of aromatic amines is 1. The van der Waals surface area contributed by atoms with Crippen molar-refractivity contribution in [2.45, 2.75) is 63.7 Å². The third-order valence-electron chi connectivity index (χ3n) is 7.06. The van der Waals surface area contributed by atoms with Crippen molar-refractivity contribution in [1.82, 2.24) is 20.9 Å². The molecule has 4 unspecified atom stereocenters. The van der Waals surface area contributed by atoms with Crippen LogP contribution in [0.25, 0.3) is 10.9 Å². The summed E-state index contributed by atoms with van der Waals surface area (Å²) in [5.41, 5.74) is 13.3. The maximum atomic E-state index is 13.8. The Morgan fingerprint density at radius 3 is 2.02 bits per heavy atom. The molecule has 3 rings (SSSR count). The summed E-state index contributed by atoms with van der Waals surface area (Å²) in [6, 6.07) is 8.61. The van der Waals surface area contributed by atoms with Gasteiger partial charge in [-0.15, -0.1) is 0 Å². The average molecular weight is 595 g/mol. The van der Waals surface area contributed by atoms with Crippen molar-refractivity contribution in [2.75, 3.05) is 0 Å². The number of aromatic nitrogens is 1. The highest BCUT2D eigenvalue weighted by molar-refractivity contribution is 5.95. The Hall–Kier alpha value is -4.91. The number of phenolic OH excluding ortho intramolecular Hbond substituents is 1. The van der Waals surface area contributed by atoms with Gasteiger partial charge in [0.15, 0.2) is 0 Å². The van der Waals surface area contributed by atoms with Crippen LogP contribution in [0.5, 0.6) is 5.75 Å². The summed E-state index contributed by atoms with van der Waals surface area (Å²) in [6.07, 6.45) is 1.20. The number of fused-ring (bicyclic) bond motifs is 1. The smallest absolute Gasteiger partial charge is 0.326 e. The third kappa shape index (κ3) is 9.30. The van der Waals surface area contributed by atoms with Crippen LogP contribution in [0, 0.1) is 5.92 Å². The van der Waals surface area contributed by atoms with Crippen LogP contribution in [0.3, 0.4) is 0 Å². The number of aromatic hydroxyl groups is 1. The minimum absolute atomic E-state index is 0.00539. The number of carboxylic acid groups (broad SMARTS) is 1. The zero-order valence-electron chi connectivity index (χ0n) is 24.0. The molecule has 0 radical (unpaired) electrons. The maximum absolute atomic E-state index is 13.8. The second-order valence-electron chi connectivity index (χ2n) is 10.7. The molecule has 3 aromatic rings. The number of nitrogens with one attached hydrogen (secondary N) is 4. The molecule has 4 amide bonds. The van der Waals surface area contributed by atoms with E-state index in [1.807, 2.05) is 24.3 Å². The Labute approximate surface area is 248 Å². The predicted molar refractivity (Wildman–Crippen MR) is 158 cm³/mol. The van der Waals surface area contributed by atoms with Gasteiger partial charge in [-0.05, 0) is 41.7 Å². The Balaban J connectivity index is 1.90. The number of benzene rings is 2. The van der Waals surface area contributed by atoms with Crippen LogP contribution in [0.1, 0.15) is 37.8 Å². The van der Waals surface area contributed by atoms with E-state index in [0.717, 1.165) is 16.5 Å². The number of primary amides is 1. The molecule has 0 fully saturated rings.